The SMILES string of the molecule is Clc1ccc(N/N=C/c2ccc(Cl)cc2Cl)cc1. The van der Waals surface area contributed by atoms with E-state index < -0.39 is 0 Å². The zero-order valence-electron chi connectivity index (χ0n) is 9.20. The Balaban J connectivity index is 2.05. The van der Waals surface area contributed by atoms with Crippen LogP contribution in [-0.4, -0.2) is 6.21 Å². The summed E-state index contributed by atoms with van der Waals surface area (Å²) < 4.78 is 0. The Morgan fingerprint density at radius 3 is 2.22 bits per heavy atom. The second-order valence-electron chi connectivity index (χ2n) is 3.54. The first-order valence-corrected chi connectivity index (χ1v) is 6.28. The molecule has 0 saturated carbocycles. The van der Waals surface area contributed by atoms with E-state index in [-0.39, 0.29) is 0 Å². The average Bonchev–Trinajstić information content (AvgIpc) is 2.34. The van der Waals surface area contributed by atoms with Gasteiger partial charge in [0, 0.05) is 15.6 Å². The zero-order chi connectivity index (χ0) is 13.0. The van der Waals surface area contributed by atoms with E-state index in [9.17, 15) is 0 Å². The van der Waals surface area contributed by atoms with Gasteiger partial charge in [-0.25, -0.2) is 0 Å². The van der Waals surface area contributed by atoms with E-state index in [1.807, 2.05) is 12.1 Å². The maximum absolute atomic E-state index is 6.01. The van der Waals surface area contributed by atoms with Gasteiger partial charge in [-0.15, -0.1) is 0 Å². The standard InChI is InChI=1S/C13H9Cl3N2/c14-10-3-5-12(6-4-10)18-17-8-9-1-2-11(15)7-13(9)16/h1-8,18H/b17-8+. The molecule has 0 spiro atoms. The summed E-state index contributed by atoms with van der Waals surface area (Å²) in [4.78, 5) is 0. The summed E-state index contributed by atoms with van der Waals surface area (Å²) in [6.45, 7) is 0. The van der Waals surface area contributed by atoms with Gasteiger partial charge in [0.2, 0.25) is 0 Å². The fraction of sp³-hybridized carbons (Fsp3) is 0. The quantitative estimate of drug-likeness (QED) is 0.619. The molecular formula is C13H9Cl3N2. The van der Waals surface area contributed by atoms with E-state index in [4.69, 9.17) is 34.8 Å². The van der Waals surface area contributed by atoms with E-state index in [1.54, 1.807) is 36.5 Å². The smallest absolute Gasteiger partial charge is 0.0562 e. The average molecular weight is 300 g/mol. The van der Waals surface area contributed by atoms with Crippen LogP contribution in [0.5, 0.6) is 0 Å². The van der Waals surface area contributed by atoms with Crippen LogP contribution in [0.3, 0.4) is 0 Å². The van der Waals surface area contributed by atoms with Crippen LogP contribution in [0, 0.1) is 0 Å². The molecule has 5 heteroatoms. The van der Waals surface area contributed by atoms with Gasteiger partial charge in [0.1, 0.15) is 0 Å². The Labute approximate surface area is 120 Å². The van der Waals surface area contributed by atoms with Crippen LogP contribution >= 0.6 is 34.8 Å². The first-order chi connectivity index (χ1) is 8.65. The number of benzene rings is 2. The van der Waals surface area contributed by atoms with Gasteiger partial charge in [-0.3, -0.25) is 5.43 Å². The number of halogens is 3. The molecule has 2 nitrogen and oxygen atoms in total. The van der Waals surface area contributed by atoms with Gasteiger partial charge < -0.3 is 0 Å². The van der Waals surface area contributed by atoms with Gasteiger partial charge in [0.05, 0.1) is 16.9 Å². The molecule has 0 unspecified atom stereocenters. The van der Waals surface area contributed by atoms with Gasteiger partial charge in [-0.2, -0.15) is 5.10 Å². The lowest BCUT2D eigenvalue weighted by molar-refractivity contribution is 1.35. The summed E-state index contributed by atoms with van der Waals surface area (Å²) in [5.41, 5.74) is 4.52. The number of hydrazone groups is 1. The van der Waals surface area contributed by atoms with Crippen LogP contribution in [-0.2, 0) is 0 Å². The molecule has 0 radical (unpaired) electrons. The summed E-state index contributed by atoms with van der Waals surface area (Å²) >= 11 is 17.6. The monoisotopic (exact) mass is 298 g/mol. The molecule has 0 aliphatic rings. The number of anilines is 1. The van der Waals surface area contributed by atoms with Crippen LogP contribution in [0.25, 0.3) is 0 Å². The van der Waals surface area contributed by atoms with Crippen molar-refractivity contribution in [3.63, 3.8) is 0 Å². The van der Waals surface area contributed by atoms with E-state index >= 15 is 0 Å². The van der Waals surface area contributed by atoms with Crippen molar-refractivity contribution < 1.29 is 0 Å². The minimum absolute atomic E-state index is 0.559. The molecule has 0 aliphatic heterocycles. The summed E-state index contributed by atoms with van der Waals surface area (Å²) in [5.74, 6) is 0. The number of nitrogens with zero attached hydrogens (tertiary/aromatic N) is 1. The molecule has 0 aliphatic carbocycles. The van der Waals surface area contributed by atoms with Gasteiger partial charge in [-0.05, 0) is 36.4 Å². The first kappa shape index (κ1) is 13.2. The van der Waals surface area contributed by atoms with Crippen molar-refractivity contribution in [3.8, 4) is 0 Å². The molecule has 0 aromatic heterocycles. The third-order valence-corrected chi connectivity index (χ3v) is 3.02. The van der Waals surface area contributed by atoms with Gasteiger partial charge in [-0.1, -0.05) is 40.9 Å². The summed E-state index contributed by atoms with van der Waals surface area (Å²) in [6, 6.07) is 12.5. The molecule has 2 rings (SSSR count). The normalized spacial score (nSPS) is 10.8. The highest BCUT2D eigenvalue weighted by Gasteiger charge is 1.97. The molecule has 0 amide bonds. The molecular weight excluding hydrogens is 291 g/mol. The van der Waals surface area contributed by atoms with E-state index in [0.717, 1.165) is 11.3 Å². The van der Waals surface area contributed by atoms with Gasteiger partial charge in [0.15, 0.2) is 0 Å². The Morgan fingerprint density at radius 1 is 0.889 bits per heavy atom. The molecule has 0 heterocycles. The zero-order valence-corrected chi connectivity index (χ0v) is 11.5. The second-order valence-corrected chi connectivity index (χ2v) is 4.82. The van der Waals surface area contributed by atoms with Crippen molar-refractivity contribution in [2.75, 3.05) is 5.43 Å². The lowest BCUT2D eigenvalue weighted by Gasteiger charge is -2.01. The lowest BCUT2D eigenvalue weighted by atomic mass is 10.2. The van der Waals surface area contributed by atoms with Crippen molar-refractivity contribution in [2.45, 2.75) is 0 Å². The van der Waals surface area contributed by atoms with Gasteiger partial charge >= 0.3 is 0 Å². The predicted octanol–water partition coefficient (Wildman–Crippen LogP) is 5.09. The van der Waals surface area contributed by atoms with Crippen molar-refractivity contribution in [1.29, 1.82) is 0 Å². The van der Waals surface area contributed by atoms with Crippen molar-refractivity contribution in [3.05, 3.63) is 63.1 Å². The molecule has 0 fully saturated rings. The first-order valence-electron chi connectivity index (χ1n) is 5.15. The van der Waals surface area contributed by atoms with Crippen LogP contribution in [0.2, 0.25) is 15.1 Å². The van der Waals surface area contributed by atoms with E-state index in [2.05, 4.69) is 10.5 Å². The number of nitrogens with one attached hydrogen (secondary N) is 1. The van der Waals surface area contributed by atoms with Crippen molar-refractivity contribution in [1.82, 2.24) is 0 Å². The summed E-state index contributed by atoms with van der Waals surface area (Å²) in [5, 5.41) is 5.93. The number of hydrogen-bond donors (Lipinski definition) is 1. The largest absolute Gasteiger partial charge is 0.279 e. The third-order valence-electron chi connectivity index (χ3n) is 2.20. The molecule has 2 aromatic rings. The molecule has 0 bridgehead atoms. The fourth-order valence-electron chi connectivity index (χ4n) is 1.31. The van der Waals surface area contributed by atoms with E-state index in [1.165, 1.54) is 0 Å². The molecule has 92 valence electrons. The van der Waals surface area contributed by atoms with Crippen molar-refractivity contribution in [2.24, 2.45) is 5.10 Å². The third kappa shape index (κ3) is 3.64. The molecule has 2 aromatic carbocycles. The van der Waals surface area contributed by atoms with Crippen LogP contribution in [0.15, 0.2) is 47.6 Å². The summed E-state index contributed by atoms with van der Waals surface area (Å²) in [6.07, 6.45) is 1.63. The molecule has 0 atom stereocenters. The van der Waals surface area contributed by atoms with Crippen LogP contribution in [0.4, 0.5) is 5.69 Å². The van der Waals surface area contributed by atoms with Crippen molar-refractivity contribution >= 4 is 46.7 Å². The maximum Gasteiger partial charge on any atom is 0.0562 e. The Kier molecular flexibility index (Phi) is 4.48. The fourth-order valence-corrected chi connectivity index (χ4v) is 1.89. The highest BCUT2D eigenvalue weighted by molar-refractivity contribution is 6.36. The molecule has 1 N–H and O–H groups in total. The lowest BCUT2D eigenvalue weighted by Crippen LogP contribution is -1.90. The van der Waals surface area contributed by atoms with Crippen LogP contribution < -0.4 is 5.43 Å². The molecule has 18 heavy (non-hydrogen) atoms. The predicted molar refractivity (Wildman–Crippen MR) is 79.1 cm³/mol. The molecule has 0 saturated heterocycles. The Morgan fingerprint density at radius 2 is 1.56 bits per heavy atom. The highest BCUT2D eigenvalue weighted by Crippen LogP contribution is 2.19. The number of rotatable bonds is 3. The minimum Gasteiger partial charge on any atom is -0.279 e. The number of hydrogen-bond acceptors (Lipinski definition) is 2. The maximum atomic E-state index is 6.01. The Hall–Kier alpha value is -1.22. The summed E-state index contributed by atoms with van der Waals surface area (Å²) in [7, 11) is 0. The van der Waals surface area contributed by atoms with E-state index in [0.29, 0.717) is 15.1 Å². The Bertz CT molecular complexity index is 565. The minimum atomic E-state index is 0.559. The topological polar surface area (TPSA) is 24.4 Å². The van der Waals surface area contributed by atoms with Crippen LogP contribution in [0.1, 0.15) is 5.56 Å². The van der Waals surface area contributed by atoms with Gasteiger partial charge in [0.25, 0.3) is 0 Å². The second kappa shape index (κ2) is 6.10. The highest BCUT2D eigenvalue weighted by atomic mass is 35.5.